The number of nitrogens with two attached hydrogens (primary N) is 1. The molecule has 0 spiro atoms. The largest absolute Gasteiger partial charge is 0.370 e. The van der Waals surface area contributed by atoms with Gasteiger partial charge in [-0.3, -0.25) is 4.99 Å². The van der Waals surface area contributed by atoms with E-state index < -0.39 is 10.0 Å². The highest BCUT2D eigenvalue weighted by Gasteiger charge is 2.15. The second kappa shape index (κ2) is 8.98. The lowest BCUT2D eigenvalue weighted by Crippen LogP contribution is -2.34. The number of hydrogen-bond donors (Lipinski definition) is 3. The van der Waals surface area contributed by atoms with Gasteiger partial charge < -0.3 is 11.1 Å². The summed E-state index contributed by atoms with van der Waals surface area (Å²) >= 11 is 1.70. The monoisotopic (exact) mass is 380 g/mol. The van der Waals surface area contributed by atoms with Crippen molar-refractivity contribution in [3.05, 3.63) is 51.7 Å². The maximum Gasteiger partial charge on any atom is 0.240 e. The maximum absolute atomic E-state index is 12.3. The molecule has 1 aromatic carbocycles. The Kier molecular flexibility index (Phi) is 6.98. The van der Waals surface area contributed by atoms with Crippen molar-refractivity contribution < 1.29 is 8.42 Å². The number of thiophene rings is 1. The van der Waals surface area contributed by atoms with Crippen molar-refractivity contribution in [3.63, 3.8) is 0 Å². The van der Waals surface area contributed by atoms with Gasteiger partial charge in [-0.05, 0) is 48.9 Å². The fraction of sp³-hybridized carbons (Fsp3) is 0.353. The molecule has 0 amide bonds. The minimum atomic E-state index is -3.54. The highest BCUT2D eigenvalue weighted by molar-refractivity contribution is 7.89. The molecule has 1 aromatic heterocycles. The van der Waals surface area contributed by atoms with Gasteiger partial charge in [0.1, 0.15) is 0 Å². The third-order valence-corrected chi connectivity index (χ3v) is 6.12. The summed E-state index contributed by atoms with van der Waals surface area (Å²) in [7, 11) is -3.54. The van der Waals surface area contributed by atoms with Crippen LogP contribution in [0.1, 0.15) is 16.0 Å². The van der Waals surface area contributed by atoms with E-state index in [0.29, 0.717) is 17.4 Å². The highest BCUT2D eigenvalue weighted by atomic mass is 32.2. The summed E-state index contributed by atoms with van der Waals surface area (Å²) in [6.07, 6.45) is 0.882. The standard InChI is InChI=1S/C17H24N4O2S2/c1-13-5-6-14(2)16(12-13)25(22,23)21-10-9-20-17(18)19-8-7-15-4-3-11-24-15/h3-6,11-12,21H,7-10H2,1-2H3,(H3,18,19,20). The van der Waals surface area contributed by atoms with Crippen LogP contribution in [0.25, 0.3) is 0 Å². The molecule has 0 radical (unpaired) electrons. The van der Waals surface area contributed by atoms with Gasteiger partial charge in [0.05, 0.1) is 11.4 Å². The van der Waals surface area contributed by atoms with E-state index in [1.165, 1.54) is 4.88 Å². The summed E-state index contributed by atoms with van der Waals surface area (Å²) < 4.78 is 27.3. The van der Waals surface area contributed by atoms with Crippen molar-refractivity contribution in [2.24, 2.45) is 10.7 Å². The quantitative estimate of drug-likeness (QED) is 0.369. The molecule has 8 heteroatoms. The molecule has 0 aliphatic carbocycles. The summed E-state index contributed by atoms with van der Waals surface area (Å²) in [6, 6.07) is 9.45. The minimum Gasteiger partial charge on any atom is -0.370 e. The number of nitrogens with one attached hydrogen (secondary N) is 2. The first-order valence-corrected chi connectivity index (χ1v) is 10.4. The van der Waals surface area contributed by atoms with Crippen molar-refractivity contribution in [1.82, 2.24) is 10.0 Å². The van der Waals surface area contributed by atoms with Crippen molar-refractivity contribution in [2.45, 2.75) is 25.2 Å². The Labute approximate surface area is 153 Å². The van der Waals surface area contributed by atoms with E-state index in [-0.39, 0.29) is 13.1 Å². The Morgan fingerprint density at radius 3 is 2.76 bits per heavy atom. The van der Waals surface area contributed by atoms with Crippen LogP contribution >= 0.6 is 11.3 Å². The molecule has 0 saturated carbocycles. The van der Waals surface area contributed by atoms with Crippen LogP contribution in [0.2, 0.25) is 0 Å². The number of nitrogens with zero attached hydrogens (tertiary/aromatic N) is 1. The molecule has 0 unspecified atom stereocenters. The predicted molar refractivity (Wildman–Crippen MR) is 104 cm³/mol. The lowest BCUT2D eigenvalue weighted by atomic mass is 10.2. The van der Waals surface area contributed by atoms with Crippen LogP contribution < -0.4 is 15.8 Å². The number of rotatable bonds is 8. The van der Waals surface area contributed by atoms with Crippen molar-refractivity contribution >= 4 is 27.3 Å². The Bertz CT molecular complexity index is 815. The van der Waals surface area contributed by atoms with Crippen LogP contribution in [0, 0.1) is 13.8 Å². The van der Waals surface area contributed by atoms with E-state index in [1.807, 2.05) is 24.4 Å². The molecule has 136 valence electrons. The van der Waals surface area contributed by atoms with Gasteiger partial charge in [0.15, 0.2) is 5.96 Å². The highest BCUT2D eigenvalue weighted by Crippen LogP contribution is 2.16. The molecule has 2 rings (SSSR count). The molecule has 25 heavy (non-hydrogen) atoms. The molecular weight excluding hydrogens is 356 g/mol. The number of aryl methyl sites for hydroxylation is 2. The first-order chi connectivity index (χ1) is 11.9. The van der Waals surface area contributed by atoms with Crippen LogP contribution in [0.5, 0.6) is 0 Å². The molecule has 1 heterocycles. The zero-order valence-corrected chi connectivity index (χ0v) is 16.1. The van der Waals surface area contributed by atoms with Crippen LogP contribution in [0.15, 0.2) is 45.6 Å². The molecule has 6 nitrogen and oxygen atoms in total. The SMILES string of the molecule is Cc1ccc(C)c(S(=O)(=O)NCCN=C(N)NCCc2cccs2)c1. The molecule has 0 bridgehead atoms. The lowest BCUT2D eigenvalue weighted by Gasteiger charge is -2.09. The summed E-state index contributed by atoms with van der Waals surface area (Å²) in [6.45, 7) is 4.82. The number of sulfonamides is 1. The lowest BCUT2D eigenvalue weighted by molar-refractivity contribution is 0.581. The molecule has 4 N–H and O–H groups in total. The minimum absolute atomic E-state index is 0.197. The van der Waals surface area contributed by atoms with E-state index in [2.05, 4.69) is 21.1 Å². The fourth-order valence-corrected chi connectivity index (χ4v) is 4.31. The molecule has 0 atom stereocenters. The normalized spacial score (nSPS) is 12.3. The molecule has 0 aliphatic rings. The van der Waals surface area contributed by atoms with Crippen molar-refractivity contribution in [3.8, 4) is 0 Å². The number of guanidine groups is 1. The average molecular weight is 381 g/mol. The van der Waals surface area contributed by atoms with Crippen LogP contribution in [0.4, 0.5) is 0 Å². The van der Waals surface area contributed by atoms with E-state index in [0.717, 1.165) is 17.5 Å². The van der Waals surface area contributed by atoms with E-state index in [1.54, 1.807) is 30.4 Å². The zero-order valence-electron chi connectivity index (χ0n) is 14.5. The van der Waals surface area contributed by atoms with Gasteiger partial charge in [0.25, 0.3) is 0 Å². The van der Waals surface area contributed by atoms with Crippen LogP contribution in [0.3, 0.4) is 0 Å². The Morgan fingerprint density at radius 1 is 1.24 bits per heavy atom. The third-order valence-electron chi connectivity index (χ3n) is 3.58. The third kappa shape index (κ3) is 6.15. The predicted octanol–water partition coefficient (Wildman–Crippen LogP) is 1.79. The molecule has 0 saturated heterocycles. The summed E-state index contributed by atoms with van der Waals surface area (Å²) in [5.74, 6) is 0.322. The van der Waals surface area contributed by atoms with E-state index >= 15 is 0 Å². The first kappa shape index (κ1) is 19.4. The number of benzene rings is 1. The van der Waals surface area contributed by atoms with Gasteiger partial charge in [-0.25, -0.2) is 13.1 Å². The summed E-state index contributed by atoms with van der Waals surface area (Å²) in [5, 5.41) is 5.06. The zero-order chi connectivity index (χ0) is 18.3. The van der Waals surface area contributed by atoms with Crippen LogP contribution in [-0.2, 0) is 16.4 Å². The molecular formula is C17H24N4O2S2. The van der Waals surface area contributed by atoms with Gasteiger partial charge in [-0.15, -0.1) is 11.3 Å². The Balaban J connectivity index is 1.78. The first-order valence-electron chi connectivity index (χ1n) is 8.01. The number of aliphatic imine (C=N–C) groups is 1. The topological polar surface area (TPSA) is 96.6 Å². The van der Waals surface area contributed by atoms with Gasteiger partial charge in [-0.1, -0.05) is 18.2 Å². The van der Waals surface area contributed by atoms with Gasteiger partial charge in [0, 0.05) is 18.0 Å². The molecule has 0 fully saturated rings. The van der Waals surface area contributed by atoms with Gasteiger partial charge >= 0.3 is 0 Å². The maximum atomic E-state index is 12.3. The Morgan fingerprint density at radius 2 is 2.04 bits per heavy atom. The molecule has 0 aliphatic heterocycles. The fourth-order valence-electron chi connectivity index (χ4n) is 2.26. The summed E-state index contributed by atoms with van der Waals surface area (Å²) in [4.78, 5) is 5.72. The van der Waals surface area contributed by atoms with E-state index in [9.17, 15) is 8.42 Å². The summed E-state index contributed by atoms with van der Waals surface area (Å²) in [5.41, 5.74) is 7.41. The Hall–Kier alpha value is -1.90. The van der Waals surface area contributed by atoms with Crippen molar-refractivity contribution in [2.75, 3.05) is 19.6 Å². The van der Waals surface area contributed by atoms with E-state index in [4.69, 9.17) is 5.73 Å². The average Bonchev–Trinajstić information content (AvgIpc) is 3.07. The van der Waals surface area contributed by atoms with Crippen LogP contribution in [-0.4, -0.2) is 34.0 Å². The second-order valence-corrected chi connectivity index (χ2v) is 8.46. The molecule has 2 aromatic rings. The smallest absolute Gasteiger partial charge is 0.240 e. The van der Waals surface area contributed by atoms with Crippen molar-refractivity contribution in [1.29, 1.82) is 0 Å². The van der Waals surface area contributed by atoms with Gasteiger partial charge in [-0.2, -0.15) is 0 Å². The number of hydrogen-bond acceptors (Lipinski definition) is 4. The second-order valence-electron chi connectivity index (χ2n) is 5.69. The van der Waals surface area contributed by atoms with Gasteiger partial charge in [0.2, 0.25) is 10.0 Å².